The van der Waals surface area contributed by atoms with Gasteiger partial charge in [-0.3, -0.25) is 4.79 Å². The molecule has 0 aliphatic carbocycles. The quantitative estimate of drug-likeness (QED) is 0.737. The van der Waals surface area contributed by atoms with Crippen LogP contribution in [0.15, 0.2) is 24.3 Å². The highest BCUT2D eigenvalue weighted by molar-refractivity contribution is 5.81. The monoisotopic (exact) mass is 358 g/mol. The average Bonchev–Trinajstić information content (AvgIpc) is 3.06. The highest BCUT2D eigenvalue weighted by Gasteiger charge is 2.28. The largest absolute Gasteiger partial charge is 0.382 e. The van der Waals surface area contributed by atoms with E-state index < -0.39 is 0 Å². The summed E-state index contributed by atoms with van der Waals surface area (Å²) in [6.07, 6.45) is 2.83. The summed E-state index contributed by atoms with van der Waals surface area (Å²) in [6, 6.07) is 8.24. The molecule has 0 bridgehead atoms. The normalized spacial score (nSPS) is 17.6. The molecule has 1 atom stereocenters. The molecule has 1 aromatic carbocycles. The third-order valence-corrected chi connectivity index (χ3v) is 4.99. The van der Waals surface area contributed by atoms with E-state index in [0.717, 1.165) is 62.5 Å². The SMILES string of the molecule is CCOCCCNC(=O)[C@@H]1CCCN(c2nc3ccccc3n2CC)C1. The van der Waals surface area contributed by atoms with Gasteiger partial charge in [0.25, 0.3) is 0 Å². The second-order valence-electron chi connectivity index (χ2n) is 6.77. The van der Waals surface area contributed by atoms with Crippen LogP contribution < -0.4 is 10.2 Å². The van der Waals surface area contributed by atoms with Crippen molar-refractivity contribution in [3.8, 4) is 0 Å². The number of imidazole rings is 1. The zero-order chi connectivity index (χ0) is 18.4. The van der Waals surface area contributed by atoms with Crippen LogP contribution in [-0.4, -0.2) is 48.3 Å². The number of para-hydroxylation sites is 2. The average molecular weight is 358 g/mol. The number of aryl methyl sites for hydroxylation is 1. The van der Waals surface area contributed by atoms with Crippen LogP contribution >= 0.6 is 0 Å². The van der Waals surface area contributed by atoms with E-state index in [9.17, 15) is 4.79 Å². The highest BCUT2D eigenvalue weighted by atomic mass is 16.5. The lowest BCUT2D eigenvalue weighted by atomic mass is 9.97. The fourth-order valence-corrected chi connectivity index (χ4v) is 3.66. The molecule has 3 rings (SSSR count). The molecule has 26 heavy (non-hydrogen) atoms. The number of ether oxygens (including phenoxy) is 1. The summed E-state index contributed by atoms with van der Waals surface area (Å²) in [7, 11) is 0. The molecule has 142 valence electrons. The summed E-state index contributed by atoms with van der Waals surface area (Å²) >= 11 is 0. The Morgan fingerprint density at radius 3 is 3.00 bits per heavy atom. The maximum Gasteiger partial charge on any atom is 0.224 e. The Morgan fingerprint density at radius 1 is 1.35 bits per heavy atom. The van der Waals surface area contributed by atoms with Crippen LogP contribution in [0.25, 0.3) is 11.0 Å². The van der Waals surface area contributed by atoms with Crippen molar-refractivity contribution in [1.29, 1.82) is 0 Å². The number of hydrogen-bond acceptors (Lipinski definition) is 4. The molecule has 0 spiro atoms. The van der Waals surface area contributed by atoms with Crippen LogP contribution in [0.2, 0.25) is 0 Å². The predicted molar refractivity (Wildman–Crippen MR) is 104 cm³/mol. The van der Waals surface area contributed by atoms with E-state index in [1.54, 1.807) is 0 Å². The van der Waals surface area contributed by atoms with E-state index in [4.69, 9.17) is 9.72 Å². The minimum atomic E-state index is 0.0287. The number of anilines is 1. The summed E-state index contributed by atoms with van der Waals surface area (Å²) in [6.45, 7) is 8.81. The van der Waals surface area contributed by atoms with Crippen LogP contribution in [0.3, 0.4) is 0 Å². The Balaban J connectivity index is 1.64. The zero-order valence-corrected chi connectivity index (χ0v) is 15.9. The van der Waals surface area contributed by atoms with Gasteiger partial charge in [0.1, 0.15) is 0 Å². The number of piperidine rings is 1. The van der Waals surface area contributed by atoms with E-state index in [1.807, 2.05) is 13.0 Å². The Hall–Kier alpha value is -2.08. The van der Waals surface area contributed by atoms with Crippen molar-refractivity contribution in [2.45, 2.75) is 39.7 Å². The first kappa shape index (κ1) is 18.7. The van der Waals surface area contributed by atoms with Gasteiger partial charge in [0.15, 0.2) is 0 Å². The number of hydrogen-bond donors (Lipinski definition) is 1. The number of rotatable bonds is 8. The number of nitrogens with one attached hydrogen (secondary N) is 1. The van der Waals surface area contributed by atoms with E-state index in [-0.39, 0.29) is 11.8 Å². The van der Waals surface area contributed by atoms with Gasteiger partial charge >= 0.3 is 0 Å². The standard InChI is InChI=1S/C20H30N4O2/c1-3-24-18-11-6-5-10-17(18)22-20(24)23-13-7-9-16(15-23)19(25)21-12-8-14-26-4-2/h5-6,10-11,16H,3-4,7-9,12-15H2,1-2H3,(H,21,25)/t16-/m1/s1. The number of benzene rings is 1. The third kappa shape index (κ3) is 4.18. The molecule has 0 unspecified atom stereocenters. The number of nitrogens with zero attached hydrogens (tertiary/aromatic N) is 3. The fraction of sp³-hybridized carbons (Fsp3) is 0.600. The van der Waals surface area contributed by atoms with Gasteiger partial charge in [-0.05, 0) is 45.2 Å². The summed E-state index contributed by atoms with van der Waals surface area (Å²) in [5, 5.41) is 3.07. The molecular weight excluding hydrogens is 328 g/mol. The van der Waals surface area contributed by atoms with E-state index in [2.05, 4.69) is 39.9 Å². The van der Waals surface area contributed by atoms with Gasteiger partial charge < -0.3 is 19.5 Å². The Labute approximate surface area is 155 Å². The number of aromatic nitrogens is 2. The van der Waals surface area contributed by atoms with Gasteiger partial charge in [-0.15, -0.1) is 0 Å². The van der Waals surface area contributed by atoms with Crippen molar-refractivity contribution < 1.29 is 9.53 Å². The van der Waals surface area contributed by atoms with E-state index >= 15 is 0 Å². The second kappa shape index (κ2) is 9.03. The number of carbonyl (C=O) groups excluding carboxylic acids is 1. The lowest BCUT2D eigenvalue weighted by Gasteiger charge is -2.33. The molecule has 6 heteroatoms. The van der Waals surface area contributed by atoms with Gasteiger partial charge in [0.05, 0.1) is 17.0 Å². The van der Waals surface area contributed by atoms with E-state index in [0.29, 0.717) is 13.2 Å². The molecule has 1 fully saturated rings. The van der Waals surface area contributed by atoms with Crippen LogP contribution in [0.4, 0.5) is 5.95 Å². The number of fused-ring (bicyclic) bond motifs is 1. The van der Waals surface area contributed by atoms with Crippen LogP contribution in [0.1, 0.15) is 33.1 Å². The van der Waals surface area contributed by atoms with Gasteiger partial charge in [0, 0.05) is 39.4 Å². The molecule has 1 aromatic heterocycles. The van der Waals surface area contributed by atoms with Crippen LogP contribution in [0, 0.1) is 5.92 Å². The summed E-state index contributed by atoms with van der Waals surface area (Å²) < 4.78 is 7.57. The Kier molecular flexibility index (Phi) is 6.50. The van der Waals surface area contributed by atoms with Gasteiger partial charge in [-0.2, -0.15) is 0 Å². The second-order valence-corrected chi connectivity index (χ2v) is 6.77. The third-order valence-electron chi connectivity index (χ3n) is 4.99. The summed E-state index contributed by atoms with van der Waals surface area (Å²) in [5.41, 5.74) is 2.18. The van der Waals surface area contributed by atoms with Crippen molar-refractivity contribution in [2.24, 2.45) is 5.92 Å². The van der Waals surface area contributed by atoms with Gasteiger partial charge in [-0.1, -0.05) is 12.1 Å². The Morgan fingerprint density at radius 2 is 2.19 bits per heavy atom. The lowest BCUT2D eigenvalue weighted by molar-refractivity contribution is -0.125. The minimum Gasteiger partial charge on any atom is -0.382 e. The van der Waals surface area contributed by atoms with E-state index in [1.165, 1.54) is 0 Å². The number of amides is 1. The molecule has 2 heterocycles. The molecule has 2 aromatic rings. The number of carbonyl (C=O) groups is 1. The van der Waals surface area contributed by atoms with Crippen molar-refractivity contribution in [1.82, 2.24) is 14.9 Å². The van der Waals surface area contributed by atoms with Crippen LogP contribution in [0.5, 0.6) is 0 Å². The smallest absolute Gasteiger partial charge is 0.224 e. The van der Waals surface area contributed by atoms with Gasteiger partial charge in [-0.25, -0.2) is 4.98 Å². The summed E-state index contributed by atoms with van der Waals surface area (Å²) in [4.78, 5) is 19.6. The van der Waals surface area contributed by atoms with Crippen LogP contribution in [-0.2, 0) is 16.1 Å². The lowest BCUT2D eigenvalue weighted by Crippen LogP contribution is -2.44. The predicted octanol–water partition coefficient (Wildman–Crippen LogP) is 2.82. The molecule has 0 radical (unpaired) electrons. The zero-order valence-electron chi connectivity index (χ0n) is 15.9. The first-order valence-electron chi connectivity index (χ1n) is 9.80. The first-order chi connectivity index (χ1) is 12.7. The van der Waals surface area contributed by atoms with Crippen molar-refractivity contribution >= 4 is 22.9 Å². The molecule has 0 saturated carbocycles. The minimum absolute atomic E-state index is 0.0287. The maximum atomic E-state index is 12.5. The molecular formula is C20H30N4O2. The topological polar surface area (TPSA) is 59.4 Å². The van der Waals surface area contributed by atoms with Gasteiger partial charge in [0.2, 0.25) is 11.9 Å². The van der Waals surface area contributed by atoms with Crippen molar-refractivity contribution in [3.05, 3.63) is 24.3 Å². The fourth-order valence-electron chi connectivity index (χ4n) is 3.66. The summed E-state index contributed by atoms with van der Waals surface area (Å²) in [5.74, 6) is 1.17. The maximum absolute atomic E-state index is 12.5. The molecule has 1 amide bonds. The molecule has 1 N–H and O–H groups in total. The molecule has 1 aliphatic heterocycles. The molecule has 6 nitrogen and oxygen atoms in total. The molecule has 1 aliphatic rings. The Bertz CT molecular complexity index is 728. The molecule has 1 saturated heterocycles. The first-order valence-corrected chi connectivity index (χ1v) is 9.80. The van der Waals surface area contributed by atoms with Crippen molar-refractivity contribution in [3.63, 3.8) is 0 Å². The highest BCUT2D eigenvalue weighted by Crippen LogP contribution is 2.27. The van der Waals surface area contributed by atoms with Crippen molar-refractivity contribution in [2.75, 3.05) is 37.7 Å².